The summed E-state index contributed by atoms with van der Waals surface area (Å²) in [6.45, 7) is 3.81. The van der Waals surface area contributed by atoms with Crippen molar-refractivity contribution >= 4 is 23.7 Å². The van der Waals surface area contributed by atoms with Gasteiger partial charge in [0.1, 0.15) is 42.7 Å². The first-order valence-corrected chi connectivity index (χ1v) is 15.8. The lowest BCUT2D eigenvalue weighted by molar-refractivity contribution is -0.270. The van der Waals surface area contributed by atoms with Gasteiger partial charge in [0.05, 0.1) is 25.4 Å². The number of hydrogen-bond acceptors (Lipinski definition) is 15. The smallest absolute Gasteiger partial charge is 0.333 e. The summed E-state index contributed by atoms with van der Waals surface area (Å²) in [6.07, 6.45) is -7.50. The summed E-state index contributed by atoms with van der Waals surface area (Å²) in [6, 6.07) is -1.08. The highest BCUT2D eigenvalue weighted by molar-refractivity contribution is 6.01. The minimum absolute atomic E-state index is 0.0182. The van der Waals surface area contributed by atoms with Gasteiger partial charge in [-0.15, -0.1) is 5.06 Å². The number of carbonyl (C=O) groups excluding carboxylic acids is 4. The molecule has 0 radical (unpaired) electrons. The van der Waals surface area contributed by atoms with E-state index >= 15 is 0 Å². The second-order valence-electron chi connectivity index (χ2n) is 12.0. The summed E-state index contributed by atoms with van der Waals surface area (Å²) < 4.78 is 17.2. The van der Waals surface area contributed by atoms with Crippen molar-refractivity contribution in [2.75, 3.05) is 32.8 Å². The molecule has 3 aliphatic rings. The summed E-state index contributed by atoms with van der Waals surface area (Å²) in [5.74, 6) is -2.22. The average Bonchev–Trinajstić information content (AvgIpc) is 3.33. The maximum Gasteiger partial charge on any atom is 0.333 e. The number of aliphatic hydroxyl groups is 6. The van der Waals surface area contributed by atoms with Crippen LogP contribution in [0.1, 0.15) is 65.2 Å². The Morgan fingerprint density at radius 1 is 0.870 bits per heavy atom. The Kier molecular flexibility index (Phi) is 15.2. The van der Waals surface area contributed by atoms with Crippen LogP contribution in [0, 0.1) is 0 Å². The van der Waals surface area contributed by atoms with Crippen LogP contribution in [-0.4, -0.2) is 158 Å². The maximum atomic E-state index is 12.1. The lowest BCUT2D eigenvalue weighted by Crippen LogP contribution is -2.64. The molecule has 3 fully saturated rings. The number of nitrogens with one attached hydrogen (secondary N) is 1. The van der Waals surface area contributed by atoms with Crippen LogP contribution in [0.15, 0.2) is 0 Å². The first kappa shape index (κ1) is 38.1. The van der Waals surface area contributed by atoms with E-state index in [2.05, 4.69) is 10.2 Å². The summed E-state index contributed by atoms with van der Waals surface area (Å²) in [5, 5.41) is 63.8. The van der Waals surface area contributed by atoms with E-state index in [-0.39, 0.29) is 25.9 Å². The van der Waals surface area contributed by atoms with Crippen LogP contribution in [0.3, 0.4) is 0 Å². The van der Waals surface area contributed by atoms with Crippen LogP contribution in [0.25, 0.3) is 0 Å². The van der Waals surface area contributed by atoms with Crippen molar-refractivity contribution in [1.29, 1.82) is 0 Å². The topological polar surface area (TPSA) is 245 Å². The van der Waals surface area contributed by atoms with Crippen LogP contribution >= 0.6 is 0 Å². The third kappa shape index (κ3) is 10.6. The molecule has 46 heavy (non-hydrogen) atoms. The van der Waals surface area contributed by atoms with Crippen LogP contribution in [0.2, 0.25) is 0 Å². The van der Waals surface area contributed by atoms with Crippen molar-refractivity contribution < 1.29 is 68.9 Å². The Balaban J connectivity index is 1.51. The molecule has 264 valence electrons. The first-order valence-electron chi connectivity index (χ1n) is 15.8. The SMILES string of the molecule is CC(=O)N[C@H]1[C@H](OCCN(CCCCCC(=O)ON2C(=O)CCC2=O)CCC[C@@H]2O[C@@H](C)[C@@H](O)[C@@H](O)[C@@H]2O)O[C@H](CO)[C@@H](O)[C@@H]1O. The van der Waals surface area contributed by atoms with Crippen molar-refractivity contribution in [3.8, 4) is 0 Å². The Labute approximate surface area is 267 Å². The van der Waals surface area contributed by atoms with E-state index in [9.17, 15) is 49.8 Å². The lowest BCUT2D eigenvalue weighted by atomic mass is 9.93. The van der Waals surface area contributed by atoms with Gasteiger partial charge in [0.2, 0.25) is 5.91 Å². The molecule has 0 saturated carbocycles. The maximum absolute atomic E-state index is 12.1. The first-order chi connectivity index (χ1) is 21.8. The number of aliphatic hydroxyl groups excluding tert-OH is 6. The molecule has 17 heteroatoms. The molecule has 0 spiro atoms. The highest BCUT2D eigenvalue weighted by Gasteiger charge is 2.45. The van der Waals surface area contributed by atoms with Gasteiger partial charge in [-0.25, -0.2) is 4.79 Å². The van der Waals surface area contributed by atoms with E-state index in [1.807, 2.05) is 0 Å². The van der Waals surface area contributed by atoms with Gasteiger partial charge in [-0.05, 0) is 45.7 Å². The quantitative estimate of drug-likeness (QED) is 0.0608. The Hall–Kier alpha value is -2.32. The number of carbonyl (C=O) groups is 4. The zero-order valence-electron chi connectivity index (χ0n) is 26.3. The number of ether oxygens (including phenoxy) is 3. The van der Waals surface area contributed by atoms with Gasteiger partial charge in [-0.3, -0.25) is 14.4 Å². The molecule has 10 atom stereocenters. The minimum atomic E-state index is -1.44. The molecule has 0 bridgehead atoms. The normalized spacial score (nSPS) is 33.5. The fraction of sp³-hybridized carbons (Fsp3) is 0.862. The van der Waals surface area contributed by atoms with Gasteiger partial charge in [0, 0.05) is 32.7 Å². The van der Waals surface area contributed by atoms with Gasteiger partial charge < -0.3 is 59.9 Å². The van der Waals surface area contributed by atoms with Crippen molar-refractivity contribution in [3.63, 3.8) is 0 Å². The number of amides is 3. The van der Waals surface area contributed by atoms with E-state index in [1.54, 1.807) is 6.92 Å². The summed E-state index contributed by atoms with van der Waals surface area (Å²) >= 11 is 0. The highest BCUT2D eigenvalue weighted by Crippen LogP contribution is 2.25. The number of unbranched alkanes of at least 4 members (excludes halogenated alkanes) is 2. The van der Waals surface area contributed by atoms with Crippen LogP contribution < -0.4 is 5.32 Å². The van der Waals surface area contributed by atoms with Crippen LogP contribution in [0.4, 0.5) is 0 Å². The molecule has 3 amide bonds. The summed E-state index contributed by atoms with van der Waals surface area (Å²) in [5.41, 5.74) is 0. The Bertz CT molecular complexity index is 1000. The van der Waals surface area contributed by atoms with Crippen molar-refractivity contribution in [3.05, 3.63) is 0 Å². The lowest BCUT2D eigenvalue weighted by Gasteiger charge is -2.42. The van der Waals surface area contributed by atoms with E-state index < -0.39 is 91.5 Å². The molecular formula is C29H49N3O14. The minimum Gasteiger partial charge on any atom is -0.394 e. The molecule has 0 aliphatic carbocycles. The van der Waals surface area contributed by atoms with E-state index in [0.717, 1.165) is 0 Å². The average molecular weight is 664 g/mol. The van der Waals surface area contributed by atoms with Crippen molar-refractivity contribution in [2.45, 2.75) is 126 Å². The van der Waals surface area contributed by atoms with Gasteiger partial charge >= 0.3 is 5.97 Å². The van der Waals surface area contributed by atoms with Gasteiger partial charge in [-0.1, -0.05) is 6.42 Å². The fourth-order valence-electron chi connectivity index (χ4n) is 5.72. The molecule has 3 aliphatic heterocycles. The third-order valence-electron chi connectivity index (χ3n) is 8.41. The molecule has 0 unspecified atom stereocenters. The molecular weight excluding hydrogens is 614 g/mol. The van der Waals surface area contributed by atoms with E-state index in [4.69, 9.17) is 19.0 Å². The molecule has 3 saturated heterocycles. The molecule has 0 aromatic carbocycles. The van der Waals surface area contributed by atoms with Crippen LogP contribution in [0.5, 0.6) is 0 Å². The molecule has 3 heterocycles. The summed E-state index contributed by atoms with van der Waals surface area (Å²) in [7, 11) is 0. The zero-order chi connectivity index (χ0) is 34.0. The Morgan fingerprint density at radius 3 is 2.17 bits per heavy atom. The second-order valence-corrected chi connectivity index (χ2v) is 12.0. The number of imide groups is 1. The highest BCUT2D eigenvalue weighted by atomic mass is 16.7. The number of hydrogen-bond donors (Lipinski definition) is 7. The standard InChI is InChI=1S/C29H49N3O14/c1-16-24(38)28(42)25(39)18(44-16)7-6-12-31(11-5-3-4-8-22(37)46-32-20(35)9-10-21(32)36)13-14-43-29-23(30-17(2)34)27(41)26(40)19(15-33)45-29/h16,18-19,23-29,33,38-42H,3-15H2,1-2H3,(H,30,34)/t16-,18-,19+,23+,24+,25+,26+,27+,28+,29+/m0/s1. The van der Waals surface area contributed by atoms with E-state index in [0.29, 0.717) is 56.8 Å². The molecule has 17 nitrogen and oxygen atoms in total. The zero-order valence-corrected chi connectivity index (χ0v) is 26.3. The number of hydroxylamine groups is 2. The van der Waals surface area contributed by atoms with Crippen molar-refractivity contribution in [2.24, 2.45) is 0 Å². The predicted molar refractivity (Wildman–Crippen MR) is 155 cm³/mol. The fourth-order valence-corrected chi connectivity index (χ4v) is 5.72. The summed E-state index contributed by atoms with van der Waals surface area (Å²) in [4.78, 5) is 54.0. The van der Waals surface area contributed by atoms with Gasteiger partial charge in [0.25, 0.3) is 11.8 Å². The van der Waals surface area contributed by atoms with Crippen molar-refractivity contribution in [1.82, 2.24) is 15.3 Å². The molecule has 0 aromatic heterocycles. The molecule has 7 N–H and O–H groups in total. The largest absolute Gasteiger partial charge is 0.394 e. The van der Waals surface area contributed by atoms with E-state index in [1.165, 1.54) is 6.92 Å². The monoisotopic (exact) mass is 663 g/mol. The third-order valence-corrected chi connectivity index (χ3v) is 8.41. The van der Waals surface area contributed by atoms with Crippen LogP contribution in [-0.2, 0) is 38.2 Å². The van der Waals surface area contributed by atoms with Gasteiger partial charge in [-0.2, -0.15) is 0 Å². The predicted octanol–water partition coefficient (Wildman–Crippen LogP) is -2.93. The second kappa shape index (κ2) is 18.3. The molecule has 0 aromatic rings. The number of rotatable bonds is 17. The molecule has 3 rings (SSSR count). The Morgan fingerprint density at radius 2 is 1.52 bits per heavy atom. The number of nitrogens with zero attached hydrogens (tertiary/aromatic N) is 2. The van der Waals surface area contributed by atoms with Gasteiger partial charge in [0.15, 0.2) is 6.29 Å².